The van der Waals surface area contributed by atoms with E-state index < -0.39 is 4.92 Å². The molecule has 0 bridgehead atoms. The average Bonchev–Trinajstić information content (AvgIpc) is 2.48. The summed E-state index contributed by atoms with van der Waals surface area (Å²) in [5.74, 6) is 1.11. The third-order valence-electron chi connectivity index (χ3n) is 3.13. The van der Waals surface area contributed by atoms with Gasteiger partial charge in [-0.25, -0.2) is 0 Å². The first-order chi connectivity index (χ1) is 10.0. The van der Waals surface area contributed by atoms with Gasteiger partial charge in [-0.2, -0.15) is 0 Å². The van der Waals surface area contributed by atoms with E-state index in [1.807, 2.05) is 32.2 Å². The van der Waals surface area contributed by atoms with Crippen LogP contribution in [0.25, 0.3) is 0 Å². The molecule has 0 radical (unpaired) electrons. The van der Waals surface area contributed by atoms with E-state index in [9.17, 15) is 10.1 Å². The van der Waals surface area contributed by atoms with E-state index in [1.165, 1.54) is 12.1 Å². The normalized spacial score (nSPS) is 12.0. The van der Waals surface area contributed by atoms with Crippen LogP contribution in [0.5, 0.6) is 11.5 Å². The van der Waals surface area contributed by atoms with Crippen molar-refractivity contribution in [3.05, 3.63) is 62.6 Å². The number of non-ortho nitro benzene ring substituents is 1. The molecular formula is C15H15BrN2O3. The van der Waals surface area contributed by atoms with Crippen LogP contribution in [0.2, 0.25) is 0 Å². The van der Waals surface area contributed by atoms with Crippen molar-refractivity contribution in [2.75, 3.05) is 7.05 Å². The van der Waals surface area contributed by atoms with Gasteiger partial charge in [0.05, 0.1) is 11.0 Å². The third-order valence-corrected chi connectivity index (χ3v) is 3.62. The molecule has 0 fully saturated rings. The highest BCUT2D eigenvalue weighted by Crippen LogP contribution is 2.33. The highest BCUT2D eigenvalue weighted by molar-refractivity contribution is 9.10. The zero-order valence-corrected chi connectivity index (χ0v) is 13.3. The summed E-state index contributed by atoms with van der Waals surface area (Å²) in [5.41, 5.74) is 0.978. The molecule has 0 heterocycles. The summed E-state index contributed by atoms with van der Waals surface area (Å²) in [7, 11) is 1.86. The van der Waals surface area contributed by atoms with Gasteiger partial charge in [-0.3, -0.25) is 10.1 Å². The Hall–Kier alpha value is -1.92. The molecule has 6 heteroatoms. The SMILES string of the molecule is CNC(C)c1cc(Br)ccc1Oc1cccc([N+](=O)[O-])c1. The lowest BCUT2D eigenvalue weighted by molar-refractivity contribution is -0.384. The maximum atomic E-state index is 10.8. The van der Waals surface area contributed by atoms with Crippen LogP contribution < -0.4 is 10.1 Å². The number of nitrogens with one attached hydrogen (secondary N) is 1. The van der Waals surface area contributed by atoms with Gasteiger partial charge in [0.25, 0.3) is 5.69 Å². The molecule has 0 aliphatic rings. The first-order valence-electron chi connectivity index (χ1n) is 6.40. The molecule has 1 unspecified atom stereocenters. The van der Waals surface area contributed by atoms with Crippen LogP contribution in [-0.4, -0.2) is 12.0 Å². The third kappa shape index (κ3) is 3.80. The lowest BCUT2D eigenvalue weighted by atomic mass is 10.1. The van der Waals surface area contributed by atoms with Gasteiger partial charge in [0, 0.05) is 22.1 Å². The number of nitro groups is 1. The smallest absolute Gasteiger partial charge is 0.273 e. The van der Waals surface area contributed by atoms with E-state index in [0.717, 1.165) is 10.0 Å². The second-order valence-corrected chi connectivity index (χ2v) is 5.46. The summed E-state index contributed by atoms with van der Waals surface area (Å²) < 4.78 is 6.76. The summed E-state index contributed by atoms with van der Waals surface area (Å²) in [6, 6.07) is 11.9. The van der Waals surface area contributed by atoms with Gasteiger partial charge in [0.15, 0.2) is 0 Å². The largest absolute Gasteiger partial charge is 0.457 e. The van der Waals surface area contributed by atoms with Crippen LogP contribution in [-0.2, 0) is 0 Å². The number of hydrogen-bond donors (Lipinski definition) is 1. The van der Waals surface area contributed by atoms with Crippen LogP contribution in [0.4, 0.5) is 5.69 Å². The van der Waals surface area contributed by atoms with Crippen molar-refractivity contribution < 1.29 is 9.66 Å². The van der Waals surface area contributed by atoms with Crippen LogP contribution >= 0.6 is 15.9 Å². The minimum Gasteiger partial charge on any atom is -0.457 e. The Balaban J connectivity index is 2.35. The van der Waals surface area contributed by atoms with Gasteiger partial charge in [-0.1, -0.05) is 22.0 Å². The molecule has 0 aliphatic carbocycles. The predicted molar refractivity (Wildman–Crippen MR) is 84.8 cm³/mol. The quantitative estimate of drug-likeness (QED) is 0.639. The molecule has 2 rings (SSSR count). The van der Waals surface area contributed by atoms with Crippen molar-refractivity contribution in [1.82, 2.24) is 5.32 Å². The molecule has 0 aliphatic heterocycles. The van der Waals surface area contributed by atoms with E-state index in [-0.39, 0.29) is 11.7 Å². The second-order valence-electron chi connectivity index (χ2n) is 4.55. The number of nitrogens with zero attached hydrogens (tertiary/aromatic N) is 1. The monoisotopic (exact) mass is 350 g/mol. The molecule has 1 atom stereocenters. The highest BCUT2D eigenvalue weighted by Gasteiger charge is 2.13. The summed E-state index contributed by atoms with van der Waals surface area (Å²) >= 11 is 3.44. The summed E-state index contributed by atoms with van der Waals surface area (Å²) in [6.07, 6.45) is 0. The van der Waals surface area contributed by atoms with Gasteiger partial charge in [-0.15, -0.1) is 0 Å². The number of halogens is 1. The van der Waals surface area contributed by atoms with Crippen molar-refractivity contribution in [2.24, 2.45) is 0 Å². The van der Waals surface area contributed by atoms with Crippen LogP contribution in [0, 0.1) is 10.1 Å². The Morgan fingerprint density at radius 3 is 2.71 bits per heavy atom. The topological polar surface area (TPSA) is 64.4 Å². The fraction of sp³-hybridized carbons (Fsp3) is 0.200. The lowest BCUT2D eigenvalue weighted by Gasteiger charge is -2.16. The van der Waals surface area contributed by atoms with Crippen molar-refractivity contribution >= 4 is 21.6 Å². The number of benzene rings is 2. The zero-order chi connectivity index (χ0) is 15.4. The van der Waals surface area contributed by atoms with E-state index >= 15 is 0 Å². The van der Waals surface area contributed by atoms with Gasteiger partial charge in [0.2, 0.25) is 0 Å². The fourth-order valence-corrected chi connectivity index (χ4v) is 2.27. The molecule has 0 amide bonds. The number of rotatable bonds is 5. The molecule has 2 aromatic carbocycles. The molecule has 2 aromatic rings. The van der Waals surface area contributed by atoms with Gasteiger partial charge >= 0.3 is 0 Å². The summed E-state index contributed by atoms with van der Waals surface area (Å²) in [4.78, 5) is 10.4. The van der Waals surface area contributed by atoms with Crippen molar-refractivity contribution in [2.45, 2.75) is 13.0 Å². The average molecular weight is 351 g/mol. The second kappa shape index (κ2) is 6.69. The minimum atomic E-state index is -0.439. The zero-order valence-electron chi connectivity index (χ0n) is 11.7. The Kier molecular flexibility index (Phi) is 4.93. The molecule has 0 saturated heterocycles. The van der Waals surface area contributed by atoms with Crippen LogP contribution in [0.1, 0.15) is 18.5 Å². The first-order valence-corrected chi connectivity index (χ1v) is 7.19. The van der Waals surface area contributed by atoms with E-state index in [1.54, 1.807) is 12.1 Å². The predicted octanol–water partition coefficient (Wildman–Crippen LogP) is 4.43. The Bertz CT molecular complexity index is 661. The van der Waals surface area contributed by atoms with E-state index in [2.05, 4.69) is 21.2 Å². The highest BCUT2D eigenvalue weighted by atomic mass is 79.9. The Morgan fingerprint density at radius 2 is 2.05 bits per heavy atom. The summed E-state index contributed by atoms with van der Waals surface area (Å²) in [6.45, 7) is 2.02. The van der Waals surface area contributed by atoms with Crippen molar-refractivity contribution in [3.8, 4) is 11.5 Å². The van der Waals surface area contributed by atoms with E-state index in [0.29, 0.717) is 11.5 Å². The maximum absolute atomic E-state index is 10.8. The fourth-order valence-electron chi connectivity index (χ4n) is 1.89. The number of nitro benzene ring substituents is 1. The molecule has 110 valence electrons. The first kappa shape index (κ1) is 15.5. The minimum absolute atomic E-state index is 0.00725. The molecular weight excluding hydrogens is 336 g/mol. The standard InChI is InChI=1S/C15H15BrN2O3/c1-10(17-2)14-8-11(16)6-7-15(14)21-13-5-3-4-12(9-13)18(19)20/h3-10,17H,1-2H3. The maximum Gasteiger partial charge on any atom is 0.273 e. The molecule has 1 N–H and O–H groups in total. The van der Waals surface area contributed by atoms with Crippen LogP contribution in [0.15, 0.2) is 46.9 Å². The number of ether oxygens (including phenoxy) is 1. The van der Waals surface area contributed by atoms with Gasteiger partial charge < -0.3 is 10.1 Å². The Morgan fingerprint density at radius 1 is 1.29 bits per heavy atom. The van der Waals surface area contributed by atoms with Crippen LogP contribution in [0.3, 0.4) is 0 Å². The molecule has 5 nitrogen and oxygen atoms in total. The Labute approximate surface area is 131 Å². The molecule has 0 spiro atoms. The van der Waals surface area contributed by atoms with Gasteiger partial charge in [-0.05, 0) is 38.2 Å². The molecule has 0 saturated carbocycles. The summed E-state index contributed by atoms with van der Waals surface area (Å²) in [5, 5.41) is 14.0. The molecule has 21 heavy (non-hydrogen) atoms. The lowest BCUT2D eigenvalue weighted by Crippen LogP contribution is -2.13. The van der Waals surface area contributed by atoms with E-state index in [4.69, 9.17) is 4.74 Å². The van der Waals surface area contributed by atoms with Crippen molar-refractivity contribution in [1.29, 1.82) is 0 Å². The van der Waals surface area contributed by atoms with Gasteiger partial charge in [0.1, 0.15) is 11.5 Å². The van der Waals surface area contributed by atoms with Crippen molar-refractivity contribution in [3.63, 3.8) is 0 Å². The number of hydrogen-bond acceptors (Lipinski definition) is 4. The molecule has 0 aromatic heterocycles.